The zero-order valence-electron chi connectivity index (χ0n) is 17.3. The first kappa shape index (κ1) is 21.5. The van der Waals surface area contributed by atoms with Gasteiger partial charge in [-0.3, -0.25) is 9.59 Å². The van der Waals surface area contributed by atoms with Crippen molar-refractivity contribution in [2.75, 3.05) is 23.9 Å². The lowest BCUT2D eigenvalue weighted by Gasteiger charge is -2.24. The second kappa shape index (κ2) is 10.1. The van der Waals surface area contributed by atoms with Gasteiger partial charge in [0.15, 0.2) is 0 Å². The van der Waals surface area contributed by atoms with Gasteiger partial charge in [0.2, 0.25) is 5.91 Å². The Morgan fingerprint density at radius 2 is 1.84 bits per heavy atom. The largest absolute Gasteiger partial charge is 0.326 e. The molecule has 0 radical (unpaired) electrons. The van der Waals surface area contributed by atoms with E-state index in [2.05, 4.69) is 17.4 Å². The van der Waals surface area contributed by atoms with Crippen LogP contribution in [-0.4, -0.2) is 35.3 Å². The molecule has 6 heteroatoms. The van der Waals surface area contributed by atoms with Gasteiger partial charge in [-0.2, -0.15) is 0 Å². The van der Waals surface area contributed by atoms with E-state index in [1.165, 1.54) is 5.56 Å². The number of rotatable bonds is 7. The number of anilines is 1. The van der Waals surface area contributed by atoms with Crippen LogP contribution in [0.3, 0.4) is 0 Å². The molecule has 1 heterocycles. The molecule has 31 heavy (non-hydrogen) atoms. The van der Waals surface area contributed by atoms with Gasteiger partial charge in [-0.25, -0.2) is 0 Å². The van der Waals surface area contributed by atoms with Gasteiger partial charge in [-0.1, -0.05) is 48.5 Å². The van der Waals surface area contributed by atoms with Crippen LogP contribution in [0, 0.1) is 0 Å². The van der Waals surface area contributed by atoms with Crippen molar-refractivity contribution in [3.63, 3.8) is 0 Å². The monoisotopic (exact) mass is 448 g/mol. The average Bonchev–Trinajstić information content (AvgIpc) is 3.18. The Bertz CT molecular complexity index is 1050. The van der Waals surface area contributed by atoms with E-state index in [0.717, 1.165) is 22.6 Å². The average molecular weight is 449 g/mol. The first-order valence-corrected chi connectivity index (χ1v) is 12.4. The summed E-state index contributed by atoms with van der Waals surface area (Å²) in [5, 5.41) is 2.95. The number of hydrogen-bond donors (Lipinski definition) is 1. The minimum Gasteiger partial charge on any atom is -0.326 e. The summed E-state index contributed by atoms with van der Waals surface area (Å²) in [6.45, 7) is 0.689. The summed E-state index contributed by atoms with van der Waals surface area (Å²) in [5.41, 5.74) is 3.65. The molecule has 0 aromatic heterocycles. The summed E-state index contributed by atoms with van der Waals surface area (Å²) in [7, 11) is 0. The third-order valence-electron chi connectivity index (χ3n) is 5.24. The predicted octanol–water partition coefficient (Wildman–Crippen LogP) is 5.48. The van der Waals surface area contributed by atoms with Gasteiger partial charge >= 0.3 is 0 Å². The van der Waals surface area contributed by atoms with Crippen LogP contribution in [0.1, 0.15) is 26.9 Å². The fourth-order valence-electron chi connectivity index (χ4n) is 3.57. The molecule has 3 aromatic rings. The van der Waals surface area contributed by atoms with E-state index in [-0.39, 0.29) is 17.2 Å². The van der Waals surface area contributed by atoms with E-state index in [1.54, 1.807) is 23.5 Å². The van der Waals surface area contributed by atoms with Crippen molar-refractivity contribution >= 4 is 41.0 Å². The molecule has 1 saturated heterocycles. The number of nitrogens with zero attached hydrogens (tertiary/aromatic N) is 1. The van der Waals surface area contributed by atoms with Crippen LogP contribution in [0.5, 0.6) is 0 Å². The Kier molecular flexibility index (Phi) is 6.99. The zero-order valence-corrected chi connectivity index (χ0v) is 18.9. The number of amides is 2. The van der Waals surface area contributed by atoms with Crippen LogP contribution in [0.25, 0.3) is 0 Å². The van der Waals surface area contributed by atoms with Crippen LogP contribution in [0.4, 0.5) is 5.69 Å². The summed E-state index contributed by atoms with van der Waals surface area (Å²) in [6.07, 6.45) is 2.84. The zero-order chi connectivity index (χ0) is 21.6. The maximum absolute atomic E-state index is 12.6. The van der Waals surface area contributed by atoms with Gasteiger partial charge in [0.1, 0.15) is 5.37 Å². The highest BCUT2D eigenvalue weighted by Crippen LogP contribution is 2.38. The number of carbonyl (C=O) groups is 2. The second-order valence-corrected chi connectivity index (χ2v) is 9.24. The van der Waals surface area contributed by atoms with Gasteiger partial charge in [-0.05, 0) is 54.1 Å². The molecule has 1 aliphatic rings. The van der Waals surface area contributed by atoms with Gasteiger partial charge < -0.3 is 10.2 Å². The third-order valence-corrected chi connectivity index (χ3v) is 7.22. The Balaban J connectivity index is 1.42. The molecule has 1 aliphatic heterocycles. The maximum atomic E-state index is 12.6. The highest BCUT2D eigenvalue weighted by Gasteiger charge is 2.32. The van der Waals surface area contributed by atoms with Crippen molar-refractivity contribution in [2.24, 2.45) is 0 Å². The van der Waals surface area contributed by atoms with Crippen molar-refractivity contribution in [1.82, 2.24) is 4.90 Å². The second-order valence-electron chi connectivity index (χ2n) is 7.29. The summed E-state index contributed by atoms with van der Waals surface area (Å²) in [4.78, 5) is 28.1. The van der Waals surface area contributed by atoms with Crippen LogP contribution in [0.15, 0.2) is 83.8 Å². The van der Waals surface area contributed by atoms with Crippen LogP contribution < -0.4 is 5.32 Å². The van der Waals surface area contributed by atoms with Crippen molar-refractivity contribution in [1.29, 1.82) is 0 Å². The molecule has 0 saturated carbocycles. The maximum Gasteiger partial charge on any atom is 0.255 e. The molecular formula is C25H24N2O2S2. The minimum absolute atomic E-state index is 0.00779. The topological polar surface area (TPSA) is 49.4 Å². The highest BCUT2D eigenvalue weighted by molar-refractivity contribution is 8.00. The van der Waals surface area contributed by atoms with Gasteiger partial charge in [0, 0.05) is 22.7 Å². The normalized spacial score (nSPS) is 15.8. The van der Waals surface area contributed by atoms with Gasteiger partial charge in [0.25, 0.3) is 5.91 Å². The molecule has 1 atom stereocenters. The first-order valence-electron chi connectivity index (χ1n) is 10.1. The summed E-state index contributed by atoms with van der Waals surface area (Å²) >= 11 is 3.28. The summed E-state index contributed by atoms with van der Waals surface area (Å²) in [5.74, 6) is 0.523. The number of thioether (sulfide) groups is 2. The molecule has 1 fully saturated rings. The smallest absolute Gasteiger partial charge is 0.255 e. The predicted molar refractivity (Wildman–Crippen MR) is 130 cm³/mol. The number of carbonyl (C=O) groups excluding carboxylic acids is 2. The first-order chi connectivity index (χ1) is 15.1. The number of hydrogen-bond acceptors (Lipinski definition) is 4. The van der Waals surface area contributed by atoms with Crippen molar-refractivity contribution in [2.45, 2.75) is 16.7 Å². The Hall–Kier alpha value is -2.70. The molecule has 0 spiro atoms. The highest BCUT2D eigenvalue weighted by atomic mass is 32.2. The molecule has 3 aromatic carbocycles. The van der Waals surface area contributed by atoms with E-state index in [4.69, 9.17) is 0 Å². The molecule has 0 unspecified atom stereocenters. The summed E-state index contributed by atoms with van der Waals surface area (Å²) in [6, 6.07) is 25.6. The molecular weight excluding hydrogens is 424 g/mol. The molecule has 2 amide bonds. The van der Waals surface area contributed by atoms with E-state index in [0.29, 0.717) is 17.9 Å². The van der Waals surface area contributed by atoms with E-state index < -0.39 is 0 Å². The van der Waals surface area contributed by atoms with Crippen LogP contribution in [0.2, 0.25) is 0 Å². The number of nitrogens with one attached hydrogen (secondary N) is 1. The summed E-state index contributed by atoms with van der Waals surface area (Å²) < 4.78 is 0. The van der Waals surface area contributed by atoms with Crippen molar-refractivity contribution in [3.8, 4) is 0 Å². The Morgan fingerprint density at radius 3 is 2.58 bits per heavy atom. The molecule has 0 aliphatic carbocycles. The van der Waals surface area contributed by atoms with E-state index in [9.17, 15) is 9.59 Å². The third kappa shape index (κ3) is 5.32. The van der Waals surface area contributed by atoms with Crippen LogP contribution >= 0.6 is 23.5 Å². The molecule has 158 valence electrons. The van der Waals surface area contributed by atoms with Crippen molar-refractivity contribution in [3.05, 3.63) is 95.6 Å². The van der Waals surface area contributed by atoms with Crippen molar-refractivity contribution < 1.29 is 9.59 Å². The fraction of sp³-hybridized carbons (Fsp3) is 0.200. The molecule has 4 rings (SSSR count). The Labute approximate surface area is 191 Å². The SMILES string of the molecule is CSc1cccc(NC(=O)c2ccc([C@@H]3SCC(=O)N3CCc3ccccc3)cc2)c1. The van der Waals surface area contributed by atoms with E-state index in [1.807, 2.05) is 77.9 Å². The van der Waals surface area contributed by atoms with Gasteiger partial charge in [-0.15, -0.1) is 23.5 Å². The standard InChI is InChI=1S/C25H24N2O2S2/c1-30-22-9-5-8-21(16-22)26-24(29)19-10-12-20(13-11-19)25-27(23(28)17-31-25)15-14-18-6-3-2-4-7-18/h2-13,16,25H,14-15,17H2,1H3,(H,26,29)/t25-/m0/s1. The van der Waals surface area contributed by atoms with E-state index >= 15 is 0 Å². The fourth-order valence-corrected chi connectivity index (χ4v) is 5.25. The number of benzene rings is 3. The Morgan fingerprint density at radius 1 is 1.06 bits per heavy atom. The molecule has 4 nitrogen and oxygen atoms in total. The lowest BCUT2D eigenvalue weighted by molar-refractivity contribution is -0.128. The van der Waals surface area contributed by atoms with Gasteiger partial charge in [0.05, 0.1) is 5.75 Å². The quantitative estimate of drug-likeness (QED) is 0.487. The minimum atomic E-state index is -0.138. The lowest BCUT2D eigenvalue weighted by atomic mass is 10.1. The van der Waals surface area contributed by atoms with Crippen LogP contribution in [-0.2, 0) is 11.2 Å². The lowest BCUT2D eigenvalue weighted by Crippen LogP contribution is -2.30. The molecule has 1 N–H and O–H groups in total. The molecule has 0 bridgehead atoms.